The number of aryl methyl sites for hydroxylation is 1. The highest BCUT2D eigenvalue weighted by Gasteiger charge is 2.53. The van der Waals surface area contributed by atoms with E-state index in [9.17, 15) is 4.79 Å². The first-order valence-electron chi connectivity index (χ1n) is 8.44. The molecule has 1 aliphatic carbocycles. The lowest BCUT2D eigenvalue weighted by Crippen LogP contribution is -2.47. The summed E-state index contributed by atoms with van der Waals surface area (Å²) in [6, 6.07) is 10.7. The number of nitrogens with zero attached hydrogens (tertiary/aromatic N) is 2. The Bertz CT molecular complexity index is 794. The largest absolute Gasteiger partial charge is 0.351 e. The maximum Gasteiger partial charge on any atom is 0.132 e. The Labute approximate surface area is 147 Å². The summed E-state index contributed by atoms with van der Waals surface area (Å²) in [4.78, 5) is 18.6. The molecule has 2 heterocycles. The van der Waals surface area contributed by atoms with Crippen molar-refractivity contribution in [2.75, 3.05) is 11.4 Å². The van der Waals surface area contributed by atoms with E-state index in [1.54, 1.807) is 13.1 Å². The number of anilines is 1. The van der Waals surface area contributed by atoms with Crippen LogP contribution in [0.15, 0.2) is 36.5 Å². The molecular formula is C20H21ClN2O. The standard InChI is InChI=1S/C20H21ClN2O/c1-13-3-5-15(6-4-13)11-23-12-20(8-16(9-20)14(2)24)18-7-17(21)10-22-19(18)23/h3-7,10,16H,8-9,11-12H2,1-2H3. The fraction of sp³-hybridized carbons (Fsp3) is 0.400. The number of fused-ring (bicyclic) bond motifs is 2. The van der Waals surface area contributed by atoms with Gasteiger partial charge in [-0.2, -0.15) is 0 Å². The highest BCUT2D eigenvalue weighted by molar-refractivity contribution is 6.30. The summed E-state index contributed by atoms with van der Waals surface area (Å²) in [6.45, 7) is 5.57. The van der Waals surface area contributed by atoms with Gasteiger partial charge in [-0.3, -0.25) is 4.79 Å². The van der Waals surface area contributed by atoms with Gasteiger partial charge < -0.3 is 4.90 Å². The van der Waals surface area contributed by atoms with Crippen LogP contribution in [0, 0.1) is 12.8 Å². The number of carbonyl (C=O) groups is 1. The van der Waals surface area contributed by atoms with Crippen molar-refractivity contribution in [3.8, 4) is 0 Å². The number of hydrogen-bond acceptors (Lipinski definition) is 3. The van der Waals surface area contributed by atoms with Gasteiger partial charge in [0, 0.05) is 36.2 Å². The van der Waals surface area contributed by atoms with Crippen molar-refractivity contribution in [1.29, 1.82) is 0 Å². The van der Waals surface area contributed by atoms with Crippen LogP contribution in [0.2, 0.25) is 5.02 Å². The lowest BCUT2D eigenvalue weighted by molar-refractivity contribution is -0.125. The van der Waals surface area contributed by atoms with E-state index >= 15 is 0 Å². The molecule has 124 valence electrons. The van der Waals surface area contributed by atoms with Crippen LogP contribution in [0.25, 0.3) is 0 Å². The maximum atomic E-state index is 11.7. The van der Waals surface area contributed by atoms with Crippen LogP contribution in [0.1, 0.15) is 36.5 Å². The number of pyridine rings is 1. The molecule has 0 unspecified atom stereocenters. The number of aromatic nitrogens is 1. The summed E-state index contributed by atoms with van der Waals surface area (Å²) in [6.07, 6.45) is 3.56. The average molecular weight is 341 g/mol. The molecule has 1 aromatic carbocycles. The first-order chi connectivity index (χ1) is 11.5. The Morgan fingerprint density at radius 1 is 1.33 bits per heavy atom. The third-order valence-electron chi connectivity index (χ3n) is 5.54. The fourth-order valence-corrected chi connectivity index (χ4v) is 4.32. The molecule has 1 spiro atoms. The molecule has 4 rings (SSSR count). The summed E-state index contributed by atoms with van der Waals surface area (Å²) in [5.41, 5.74) is 3.82. The average Bonchev–Trinajstić information content (AvgIpc) is 2.82. The monoisotopic (exact) mass is 340 g/mol. The predicted molar refractivity (Wildman–Crippen MR) is 96.6 cm³/mol. The Kier molecular flexibility index (Phi) is 3.65. The number of halogens is 1. The van der Waals surface area contributed by atoms with Crippen LogP contribution in [-0.2, 0) is 16.8 Å². The van der Waals surface area contributed by atoms with Gasteiger partial charge >= 0.3 is 0 Å². The van der Waals surface area contributed by atoms with Gasteiger partial charge in [-0.25, -0.2) is 4.98 Å². The lowest BCUT2D eigenvalue weighted by Gasteiger charge is -2.44. The number of Topliss-reactive ketones (excluding diaryl/α,β-unsaturated/α-hetero) is 1. The summed E-state index contributed by atoms with van der Waals surface area (Å²) >= 11 is 6.21. The molecule has 0 bridgehead atoms. The molecule has 2 aliphatic rings. The van der Waals surface area contributed by atoms with Gasteiger partial charge in [0.05, 0.1) is 5.02 Å². The van der Waals surface area contributed by atoms with Crippen molar-refractivity contribution >= 4 is 23.2 Å². The molecule has 0 saturated heterocycles. The van der Waals surface area contributed by atoms with E-state index in [2.05, 4.69) is 47.1 Å². The molecule has 0 atom stereocenters. The Hall–Kier alpha value is -1.87. The molecule has 2 aromatic rings. The van der Waals surface area contributed by atoms with E-state index in [1.165, 1.54) is 16.7 Å². The zero-order valence-corrected chi connectivity index (χ0v) is 14.8. The third kappa shape index (κ3) is 2.51. The van der Waals surface area contributed by atoms with Crippen molar-refractivity contribution in [3.63, 3.8) is 0 Å². The van der Waals surface area contributed by atoms with Crippen molar-refractivity contribution in [2.45, 2.75) is 38.6 Å². The topological polar surface area (TPSA) is 33.2 Å². The maximum absolute atomic E-state index is 11.7. The number of carbonyl (C=O) groups excluding carboxylic acids is 1. The van der Waals surface area contributed by atoms with Crippen LogP contribution >= 0.6 is 11.6 Å². The lowest BCUT2D eigenvalue weighted by atomic mass is 9.59. The summed E-state index contributed by atoms with van der Waals surface area (Å²) in [5, 5.41) is 0.677. The van der Waals surface area contributed by atoms with Gasteiger partial charge in [0.25, 0.3) is 0 Å². The Morgan fingerprint density at radius 2 is 2.04 bits per heavy atom. The first-order valence-corrected chi connectivity index (χ1v) is 8.82. The zero-order chi connectivity index (χ0) is 16.9. The van der Waals surface area contributed by atoms with Crippen molar-refractivity contribution in [2.24, 2.45) is 5.92 Å². The Balaban J connectivity index is 1.64. The van der Waals surface area contributed by atoms with Gasteiger partial charge in [0.2, 0.25) is 0 Å². The number of rotatable bonds is 3. The van der Waals surface area contributed by atoms with E-state index in [4.69, 9.17) is 11.6 Å². The highest BCUT2D eigenvalue weighted by atomic mass is 35.5. The van der Waals surface area contributed by atoms with E-state index < -0.39 is 0 Å². The fourth-order valence-electron chi connectivity index (χ4n) is 4.16. The molecule has 4 heteroatoms. The summed E-state index contributed by atoms with van der Waals surface area (Å²) in [7, 11) is 0. The number of benzene rings is 1. The van der Waals surface area contributed by atoms with Crippen LogP contribution in [-0.4, -0.2) is 17.3 Å². The SMILES string of the molecule is CC(=O)C1CC2(C1)CN(Cc1ccc(C)cc1)c1ncc(Cl)cc12. The number of hydrogen-bond donors (Lipinski definition) is 0. The zero-order valence-electron chi connectivity index (χ0n) is 14.1. The molecular weight excluding hydrogens is 320 g/mol. The molecule has 1 aromatic heterocycles. The highest BCUT2D eigenvalue weighted by Crippen LogP contribution is 2.55. The molecule has 0 radical (unpaired) electrons. The minimum absolute atomic E-state index is 0.0499. The van der Waals surface area contributed by atoms with Gasteiger partial charge in [-0.1, -0.05) is 41.4 Å². The van der Waals surface area contributed by atoms with Crippen LogP contribution in [0.3, 0.4) is 0 Å². The van der Waals surface area contributed by atoms with Crippen LogP contribution < -0.4 is 4.90 Å². The van der Waals surface area contributed by atoms with E-state index in [-0.39, 0.29) is 11.3 Å². The predicted octanol–water partition coefficient (Wildman–Crippen LogP) is 4.30. The van der Waals surface area contributed by atoms with Crippen molar-refractivity contribution in [3.05, 3.63) is 58.2 Å². The third-order valence-corrected chi connectivity index (χ3v) is 5.75. The normalized spacial score (nSPS) is 24.8. The van der Waals surface area contributed by atoms with E-state index in [0.717, 1.165) is 31.7 Å². The smallest absolute Gasteiger partial charge is 0.132 e. The summed E-state index contributed by atoms with van der Waals surface area (Å²) < 4.78 is 0. The number of ketones is 1. The van der Waals surface area contributed by atoms with Crippen LogP contribution in [0.5, 0.6) is 0 Å². The van der Waals surface area contributed by atoms with Crippen LogP contribution in [0.4, 0.5) is 5.82 Å². The second-order valence-electron chi connectivity index (χ2n) is 7.36. The molecule has 0 amide bonds. The molecule has 1 saturated carbocycles. The van der Waals surface area contributed by atoms with Gasteiger partial charge in [0.15, 0.2) is 0 Å². The minimum Gasteiger partial charge on any atom is -0.351 e. The minimum atomic E-state index is 0.0499. The van der Waals surface area contributed by atoms with E-state index in [0.29, 0.717) is 10.8 Å². The first kappa shape index (κ1) is 15.6. The van der Waals surface area contributed by atoms with Gasteiger partial charge in [-0.05, 0) is 38.3 Å². The second kappa shape index (κ2) is 5.59. The molecule has 1 fully saturated rings. The molecule has 0 N–H and O–H groups in total. The van der Waals surface area contributed by atoms with Gasteiger partial charge in [-0.15, -0.1) is 0 Å². The van der Waals surface area contributed by atoms with E-state index in [1.807, 2.05) is 0 Å². The van der Waals surface area contributed by atoms with Crippen molar-refractivity contribution < 1.29 is 4.79 Å². The van der Waals surface area contributed by atoms with Crippen molar-refractivity contribution in [1.82, 2.24) is 4.98 Å². The summed E-state index contributed by atoms with van der Waals surface area (Å²) in [5.74, 6) is 1.52. The molecule has 3 nitrogen and oxygen atoms in total. The molecule has 24 heavy (non-hydrogen) atoms. The van der Waals surface area contributed by atoms with Gasteiger partial charge in [0.1, 0.15) is 11.6 Å². The molecule has 1 aliphatic heterocycles. The second-order valence-corrected chi connectivity index (χ2v) is 7.80. The quantitative estimate of drug-likeness (QED) is 0.835. The Morgan fingerprint density at radius 3 is 2.71 bits per heavy atom.